The van der Waals surface area contributed by atoms with E-state index in [0.717, 1.165) is 47.0 Å². The molecule has 0 radical (unpaired) electrons. The Morgan fingerprint density at radius 3 is 2.59 bits per heavy atom. The van der Waals surface area contributed by atoms with Crippen molar-refractivity contribution in [2.45, 2.75) is 58.0 Å². The first kappa shape index (κ1) is 20.8. The molecule has 1 fully saturated rings. The Labute approximate surface area is 189 Å². The lowest BCUT2D eigenvalue weighted by molar-refractivity contribution is -0.158. The minimum absolute atomic E-state index is 0.0441. The van der Waals surface area contributed by atoms with Gasteiger partial charge in [-0.2, -0.15) is 0 Å². The Bertz CT molecular complexity index is 1160. The molecular formula is C27H31N3O2. The van der Waals surface area contributed by atoms with E-state index in [9.17, 15) is 9.59 Å². The number of nitrogens with zero attached hydrogens (tertiary/aromatic N) is 2. The van der Waals surface area contributed by atoms with E-state index in [0.29, 0.717) is 13.0 Å². The molecule has 2 aliphatic heterocycles. The first-order valence-corrected chi connectivity index (χ1v) is 11.8. The van der Waals surface area contributed by atoms with Crippen LogP contribution in [0, 0.1) is 6.92 Å². The number of para-hydroxylation sites is 1. The molecule has 0 aliphatic carbocycles. The number of benzene rings is 2. The molecule has 2 atom stereocenters. The summed E-state index contributed by atoms with van der Waals surface area (Å²) in [6, 6.07) is 15.8. The number of hydrogen-bond acceptors (Lipinski definition) is 2. The zero-order valence-electron chi connectivity index (χ0n) is 18.9. The third-order valence-electron chi connectivity index (χ3n) is 7.11. The summed E-state index contributed by atoms with van der Waals surface area (Å²) in [5, 5.41) is 1.15. The monoisotopic (exact) mass is 429 g/mol. The summed E-state index contributed by atoms with van der Waals surface area (Å²) in [7, 11) is 0. The number of amides is 2. The molecule has 2 aliphatic rings. The Kier molecular flexibility index (Phi) is 5.50. The number of unbranched alkanes of at least 4 members (excludes halogenated alkanes) is 3. The number of aromatic nitrogens is 1. The van der Waals surface area contributed by atoms with Crippen LogP contribution < -0.4 is 0 Å². The third-order valence-corrected chi connectivity index (χ3v) is 7.11. The van der Waals surface area contributed by atoms with Crippen LogP contribution in [0.2, 0.25) is 0 Å². The molecule has 32 heavy (non-hydrogen) atoms. The quantitative estimate of drug-likeness (QED) is 0.576. The summed E-state index contributed by atoms with van der Waals surface area (Å²) >= 11 is 0. The summed E-state index contributed by atoms with van der Waals surface area (Å²) in [4.78, 5) is 34.4. The summed E-state index contributed by atoms with van der Waals surface area (Å²) in [5.41, 5.74) is 5.50. The van der Waals surface area contributed by atoms with Gasteiger partial charge in [-0.15, -0.1) is 0 Å². The summed E-state index contributed by atoms with van der Waals surface area (Å²) < 4.78 is 0. The third kappa shape index (κ3) is 3.40. The van der Waals surface area contributed by atoms with Crippen LogP contribution in [-0.2, 0) is 16.0 Å². The number of H-pyrrole nitrogens is 1. The Morgan fingerprint density at radius 1 is 1.00 bits per heavy atom. The molecule has 5 heteroatoms. The van der Waals surface area contributed by atoms with Crippen LogP contribution in [0.3, 0.4) is 0 Å². The van der Waals surface area contributed by atoms with Gasteiger partial charge < -0.3 is 14.8 Å². The van der Waals surface area contributed by atoms with Gasteiger partial charge in [0.1, 0.15) is 6.04 Å². The molecule has 2 amide bonds. The summed E-state index contributed by atoms with van der Waals surface area (Å²) in [6.45, 7) is 5.11. The van der Waals surface area contributed by atoms with Gasteiger partial charge in [0, 0.05) is 29.6 Å². The van der Waals surface area contributed by atoms with Gasteiger partial charge in [-0.05, 0) is 36.1 Å². The van der Waals surface area contributed by atoms with Crippen LogP contribution in [0.4, 0.5) is 0 Å². The molecule has 2 aromatic carbocycles. The first-order chi connectivity index (χ1) is 15.6. The van der Waals surface area contributed by atoms with Gasteiger partial charge in [-0.25, -0.2) is 0 Å². The van der Waals surface area contributed by atoms with Gasteiger partial charge in [-0.1, -0.05) is 68.7 Å². The van der Waals surface area contributed by atoms with Crippen molar-refractivity contribution in [3.63, 3.8) is 0 Å². The van der Waals surface area contributed by atoms with Crippen molar-refractivity contribution in [1.29, 1.82) is 0 Å². The number of rotatable bonds is 6. The standard InChI is InChI=1S/C27H31N3O2/c1-3-4-5-10-15-29-17-24(31)30-23(27(29)32)16-21-20-13-8-9-14-22(20)28-25(21)26(30)19-12-7-6-11-18(19)2/h6-9,11-14,23,26,28H,3-5,10,15-17H2,1-2H3/t23-,26-/m0/s1. The molecule has 0 saturated carbocycles. The lowest BCUT2D eigenvalue weighted by Gasteiger charge is -2.47. The fraction of sp³-hybridized carbons (Fsp3) is 0.407. The van der Waals surface area contributed by atoms with Crippen LogP contribution >= 0.6 is 0 Å². The molecule has 3 aromatic rings. The molecule has 5 rings (SSSR count). The van der Waals surface area contributed by atoms with Crippen molar-refractivity contribution in [3.8, 4) is 0 Å². The van der Waals surface area contributed by atoms with Gasteiger partial charge in [-0.3, -0.25) is 9.59 Å². The van der Waals surface area contributed by atoms with Crippen molar-refractivity contribution in [1.82, 2.24) is 14.8 Å². The average Bonchev–Trinajstić information content (AvgIpc) is 3.17. The molecule has 1 saturated heterocycles. The highest BCUT2D eigenvalue weighted by Gasteiger charge is 2.48. The smallest absolute Gasteiger partial charge is 0.246 e. The zero-order valence-corrected chi connectivity index (χ0v) is 18.9. The maximum absolute atomic E-state index is 13.6. The molecule has 1 aromatic heterocycles. The Hall–Kier alpha value is -3.08. The van der Waals surface area contributed by atoms with Crippen molar-refractivity contribution < 1.29 is 9.59 Å². The topological polar surface area (TPSA) is 56.4 Å². The maximum Gasteiger partial charge on any atom is 0.246 e. The number of aryl methyl sites for hydroxylation is 1. The van der Waals surface area contributed by atoms with Gasteiger partial charge in [0.05, 0.1) is 12.6 Å². The van der Waals surface area contributed by atoms with Crippen LogP contribution in [-0.4, -0.2) is 45.7 Å². The van der Waals surface area contributed by atoms with Crippen molar-refractivity contribution >= 4 is 22.7 Å². The lowest BCUT2D eigenvalue weighted by Crippen LogP contribution is -2.63. The first-order valence-electron chi connectivity index (χ1n) is 11.8. The molecule has 0 unspecified atom stereocenters. The van der Waals surface area contributed by atoms with Gasteiger partial charge in [0.2, 0.25) is 11.8 Å². The minimum atomic E-state index is -0.446. The molecule has 166 valence electrons. The number of aromatic amines is 1. The van der Waals surface area contributed by atoms with Crippen LogP contribution in [0.1, 0.15) is 61.0 Å². The van der Waals surface area contributed by atoms with Crippen LogP contribution in [0.5, 0.6) is 0 Å². The Balaban J connectivity index is 1.58. The highest BCUT2D eigenvalue weighted by molar-refractivity contribution is 5.97. The maximum atomic E-state index is 13.6. The zero-order chi connectivity index (χ0) is 22.2. The number of carbonyl (C=O) groups is 2. The van der Waals surface area contributed by atoms with E-state index >= 15 is 0 Å². The fourth-order valence-electron chi connectivity index (χ4n) is 5.46. The minimum Gasteiger partial charge on any atom is -0.356 e. The highest BCUT2D eigenvalue weighted by Crippen LogP contribution is 2.43. The largest absolute Gasteiger partial charge is 0.356 e. The van der Waals surface area contributed by atoms with E-state index in [4.69, 9.17) is 0 Å². The second-order valence-corrected chi connectivity index (χ2v) is 9.16. The predicted octanol–water partition coefficient (Wildman–Crippen LogP) is 4.74. The summed E-state index contributed by atoms with van der Waals surface area (Å²) in [6.07, 6.45) is 4.95. The fourth-order valence-corrected chi connectivity index (χ4v) is 5.46. The van der Waals surface area contributed by atoms with Gasteiger partial charge in [0.25, 0.3) is 0 Å². The van der Waals surface area contributed by atoms with Crippen LogP contribution in [0.25, 0.3) is 10.9 Å². The second-order valence-electron chi connectivity index (χ2n) is 9.16. The Morgan fingerprint density at radius 2 is 1.78 bits per heavy atom. The number of piperazine rings is 1. The van der Waals surface area contributed by atoms with E-state index in [1.165, 1.54) is 12.0 Å². The van der Waals surface area contributed by atoms with Crippen molar-refractivity contribution in [2.75, 3.05) is 13.1 Å². The highest BCUT2D eigenvalue weighted by atomic mass is 16.2. The lowest BCUT2D eigenvalue weighted by atomic mass is 9.85. The molecule has 3 heterocycles. The van der Waals surface area contributed by atoms with Crippen LogP contribution in [0.15, 0.2) is 48.5 Å². The SMILES string of the molecule is CCCCCCN1CC(=O)N2[C@@H](c3ccccc3C)c3[nH]c4ccccc4c3C[C@H]2C1=O. The van der Waals surface area contributed by atoms with Crippen molar-refractivity contribution in [2.24, 2.45) is 0 Å². The van der Waals surface area contributed by atoms with E-state index in [2.05, 4.69) is 43.1 Å². The van der Waals surface area contributed by atoms with E-state index in [1.54, 1.807) is 4.90 Å². The van der Waals surface area contributed by atoms with Gasteiger partial charge in [0.15, 0.2) is 0 Å². The molecule has 5 nitrogen and oxygen atoms in total. The molecule has 0 spiro atoms. The summed E-state index contributed by atoms with van der Waals surface area (Å²) in [5.74, 6) is 0.137. The average molecular weight is 430 g/mol. The number of carbonyl (C=O) groups excluding carboxylic acids is 2. The van der Waals surface area contributed by atoms with E-state index in [-0.39, 0.29) is 24.4 Å². The number of nitrogens with one attached hydrogen (secondary N) is 1. The molecule has 1 N–H and O–H groups in total. The number of hydrogen-bond donors (Lipinski definition) is 1. The van der Waals surface area contributed by atoms with E-state index in [1.807, 2.05) is 29.2 Å². The predicted molar refractivity (Wildman–Crippen MR) is 126 cm³/mol. The van der Waals surface area contributed by atoms with Gasteiger partial charge >= 0.3 is 0 Å². The normalized spacial score (nSPS) is 20.6. The molecular weight excluding hydrogens is 398 g/mol. The van der Waals surface area contributed by atoms with E-state index < -0.39 is 6.04 Å². The number of fused-ring (bicyclic) bond motifs is 4. The molecule has 0 bridgehead atoms. The van der Waals surface area contributed by atoms with Crippen molar-refractivity contribution in [3.05, 3.63) is 70.9 Å². The second kappa shape index (κ2) is 8.45.